The Hall–Kier alpha value is -3.51. The monoisotopic (exact) mass is 462 g/mol. The van der Waals surface area contributed by atoms with Crippen molar-refractivity contribution in [3.05, 3.63) is 88.4 Å². The maximum Gasteiger partial charge on any atom is 0.254 e. The van der Waals surface area contributed by atoms with Gasteiger partial charge in [-0.15, -0.1) is 0 Å². The second-order valence-electron chi connectivity index (χ2n) is 7.99. The molecule has 168 valence electrons. The number of fused-ring (bicyclic) bond motifs is 1. The third-order valence-electron chi connectivity index (χ3n) is 5.95. The molecule has 2 heterocycles. The number of ether oxygens (including phenoxy) is 2. The van der Waals surface area contributed by atoms with E-state index in [2.05, 4.69) is 4.90 Å². The number of nitrogens with zero attached hydrogens (tertiary/aromatic N) is 2. The number of anilines is 1. The average Bonchev–Trinajstić information content (AvgIpc) is 2.87. The molecule has 33 heavy (non-hydrogen) atoms. The number of ketones is 1. The zero-order valence-corrected chi connectivity index (χ0v) is 18.8. The molecular weight excluding hydrogens is 440 g/mol. The summed E-state index contributed by atoms with van der Waals surface area (Å²) >= 11 is 6.12. The Bertz CT molecular complexity index is 1200. The molecule has 0 aromatic heterocycles. The second-order valence-corrected chi connectivity index (χ2v) is 8.43. The summed E-state index contributed by atoms with van der Waals surface area (Å²) in [5.74, 6) is 0.823. The fourth-order valence-electron chi connectivity index (χ4n) is 4.22. The van der Waals surface area contributed by atoms with Gasteiger partial charge in [-0.25, -0.2) is 0 Å². The van der Waals surface area contributed by atoms with E-state index in [-0.39, 0.29) is 11.7 Å². The Morgan fingerprint density at radius 3 is 2.24 bits per heavy atom. The number of carbonyl (C=O) groups is 2. The Morgan fingerprint density at radius 1 is 0.758 bits per heavy atom. The molecule has 0 N–H and O–H groups in total. The molecule has 1 saturated heterocycles. The molecule has 2 aliphatic heterocycles. The smallest absolute Gasteiger partial charge is 0.254 e. The van der Waals surface area contributed by atoms with Crippen LogP contribution in [0.4, 0.5) is 5.69 Å². The largest absolute Gasteiger partial charge is 0.486 e. The van der Waals surface area contributed by atoms with Crippen molar-refractivity contribution in [3.63, 3.8) is 0 Å². The highest BCUT2D eigenvalue weighted by atomic mass is 35.5. The molecule has 2 aliphatic rings. The quantitative estimate of drug-likeness (QED) is 0.541. The van der Waals surface area contributed by atoms with Gasteiger partial charge in [0, 0.05) is 48.0 Å². The van der Waals surface area contributed by atoms with Gasteiger partial charge >= 0.3 is 0 Å². The van der Waals surface area contributed by atoms with Crippen LogP contribution < -0.4 is 14.4 Å². The summed E-state index contributed by atoms with van der Waals surface area (Å²) in [4.78, 5) is 30.7. The number of benzene rings is 3. The van der Waals surface area contributed by atoms with Gasteiger partial charge in [0.15, 0.2) is 17.3 Å². The summed E-state index contributed by atoms with van der Waals surface area (Å²) in [7, 11) is 0. The summed E-state index contributed by atoms with van der Waals surface area (Å²) in [6, 6.07) is 19.8. The predicted molar refractivity (Wildman–Crippen MR) is 127 cm³/mol. The highest BCUT2D eigenvalue weighted by Crippen LogP contribution is 2.32. The molecule has 0 saturated carbocycles. The lowest BCUT2D eigenvalue weighted by Gasteiger charge is -2.36. The number of hydrogen-bond acceptors (Lipinski definition) is 5. The molecule has 6 nitrogen and oxygen atoms in total. The van der Waals surface area contributed by atoms with Crippen molar-refractivity contribution in [1.29, 1.82) is 0 Å². The normalized spacial score (nSPS) is 15.3. The molecule has 0 aliphatic carbocycles. The SMILES string of the molecule is O=C(c1ccc2c(c1)OCCO2)c1ccccc1C(=O)N1CCN(c2cccc(Cl)c2)CC1. The van der Waals surface area contributed by atoms with Gasteiger partial charge in [-0.1, -0.05) is 35.9 Å². The number of rotatable bonds is 4. The Morgan fingerprint density at radius 2 is 1.48 bits per heavy atom. The van der Waals surface area contributed by atoms with Gasteiger partial charge in [0.2, 0.25) is 0 Å². The first-order chi connectivity index (χ1) is 16.1. The van der Waals surface area contributed by atoms with Crippen molar-refractivity contribution in [3.8, 4) is 11.5 Å². The van der Waals surface area contributed by atoms with Crippen LogP contribution >= 0.6 is 11.6 Å². The lowest BCUT2D eigenvalue weighted by atomic mass is 9.97. The van der Waals surface area contributed by atoms with Crippen LogP contribution in [-0.4, -0.2) is 56.0 Å². The van der Waals surface area contributed by atoms with Crippen LogP contribution in [0.25, 0.3) is 0 Å². The van der Waals surface area contributed by atoms with Crippen LogP contribution in [0.15, 0.2) is 66.7 Å². The van der Waals surface area contributed by atoms with Gasteiger partial charge < -0.3 is 19.3 Å². The lowest BCUT2D eigenvalue weighted by molar-refractivity contribution is 0.0742. The van der Waals surface area contributed by atoms with Gasteiger partial charge in [-0.3, -0.25) is 9.59 Å². The van der Waals surface area contributed by atoms with E-state index in [1.54, 1.807) is 47.4 Å². The van der Waals surface area contributed by atoms with Gasteiger partial charge in [0.05, 0.1) is 5.56 Å². The van der Waals surface area contributed by atoms with E-state index in [9.17, 15) is 9.59 Å². The van der Waals surface area contributed by atoms with Crippen molar-refractivity contribution in [1.82, 2.24) is 4.90 Å². The minimum absolute atomic E-state index is 0.137. The Labute approximate surface area is 197 Å². The summed E-state index contributed by atoms with van der Waals surface area (Å²) < 4.78 is 11.2. The van der Waals surface area contributed by atoms with E-state index >= 15 is 0 Å². The third-order valence-corrected chi connectivity index (χ3v) is 6.18. The molecule has 7 heteroatoms. The van der Waals surface area contributed by atoms with Crippen LogP contribution in [0.3, 0.4) is 0 Å². The zero-order valence-electron chi connectivity index (χ0n) is 18.0. The van der Waals surface area contributed by atoms with Crippen LogP contribution in [0, 0.1) is 0 Å². The highest BCUT2D eigenvalue weighted by molar-refractivity contribution is 6.30. The maximum absolute atomic E-state index is 13.4. The van der Waals surface area contributed by atoms with E-state index in [1.807, 2.05) is 24.3 Å². The minimum atomic E-state index is -0.214. The van der Waals surface area contributed by atoms with Crippen LogP contribution in [-0.2, 0) is 0 Å². The number of carbonyl (C=O) groups excluding carboxylic acids is 2. The lowest BCUT2D eigenvalue weighted by Crippen LogP contribution is -2.49. The van der Waals surface area contributed by atoms with Crippen molar-refractivity contribution < 1.29 is 19.1 Å². The summed E-state index contributed by atoms with van der Waals surface area (Å²) in [6.07, 6.45) is 0. The van der Waals surface area contributed by atoms with Gasteiger partial charge in [0.25, 0.3) is 5.91 Å². The van der Waals surface area contributed by atoms with Crippen LogP contribution in [0.1, 0.15) is 26.3 Å². The van der Waals surface area contributed by atoms with Crippen molar-refractivity contribution >= 4 is 29.0 Å². The standard InChI is InChI=1S/C26H23ClN2O4/c27-19-4-3-5-20(17-19)28-10-12-29(13-11-28)26(31)22-7-2-1-6-21(22)25(30)18-8-9-23-24(16-18)33-15-14-32-23/h1-9,16-17H,10-15H2. The first kappa shape index (κ1) is 21.3. The maximum atomic E-state index is 13.4. The molecular formula is C26H23ClN2O4. The summed E-state index contributed by atoms with van der Waals surface area (Å²) in [5, 5.41) is 0.692. The van der Waals surface area contributed by atoms with E-state index in [4.69, 9.17) is 21.1 Å². The van der Waals surface area contributed by atoms with E-state index in [0.717, 1.165) is 5.69 Å². The molecule has 0 radical (unpaired) electrons. The molecule has 3 aromatic rings. The van der Waals surface area contributed by atoms with Crippen molar-refractivity contribution in [2.24, 2.45) is 0 Å². The molecule has 1 fully saturated rings. The second kappa shape index (κ2) is 9.16. The van der Waals surface area contributed by atoms with E-state index in [1.165, 1.54) is 0 Å². The number of piperazine rings is 1. The molecule has 5 rings (SSSR count). The van der Waals surface area contributed by atoms with Crippen molar-refractivity contribution in [2.45, 2.75) is 0 Å². The first-order valence-electron chi connectivity index (χ1n) is 10.9. The Balaban J connectivity index is 1.33. The van der Waals surface area contributed by atoms with Gasteiger partial charge in [-0.2, -0.15) is 0 Å². The molecule has 0 spiro atoms. The Kier molecular flexibility index (Phi) is 5.92. The number of amides is 1. The zero-order chi connectivity index (χ0) is 22.8. The molecule has 1 amide bonds. The minimum Gasteiger partial charge on any atom is -0.486 e. The summed E-state index contributed by atoms with van der Waals surface area (Å²) in [5.41, 5.74) is 2.30. The van der Waals surface area contributed by atoms with E-state index < -0.39 is 0 Å². The van der Waals surface area contributed by atoms with E-state index in [0.29, 0.717) is 72.6 Å². The fourth-order valence-corrected chi connectivity index (χ4v) is 4.40. The molecule has 3 aromatic carbocycles. The van der Waals surface area contributed by atoms with Crippen molar-refractivity contribution in [2.75, 3.05) is 44.3 Å². The van der Waals surface area contributed by atoms with Crippen LogP contribution in [0.5, 0.6) is 11.5 Å². The number of hydrogen-bond donors (Lipinski definition) is 0. The fraction of sp³-hybridized carbons (Fsp3) is 0.231. The number of halogens is 1. The molecule has 0 bridgehead atoms. The molecule has 0 atom stereocenters. The average molecular weight is 463 g/mol. The highest BCUT2D eigenvalue weighted by Gasteiger charge is 2.26. The van der Waals surface area contributed by atoms with Crippen LogP contribution in [0.2, 0.25) is 5.02 Å². The molecule has 0 unspecified atom stereocenters. The van der Waals surface area contributed by atoms with Gasteiger partial charge in [0.1, 0.15) is 13.2 Å². The van der Waals surface area contributed by atoms with Gasteiger partial charge in [-0.05, 0) is 42.5 Å². The topological polar surface area (TPSA) is 59.1 Å². The first-order valence-corrected chi connectivity index (χ1v) is 11.3. The summed E-state index contributed by atoms with van der Waals surface area (Å²) in [6.45, 7) is 3.47. The predicted octanol–water partition coefficient (Wildman–Crippen LogP) is 4.30. The third kappa shape index (κ3) is 4.39.